The molecule has 3 aromatic rings. The highest BCUT2D eigenvalue weighted by Gasteiger charge is 2.50. The molecular formula is C23H28N2O2Si. The number of nitrogen functional groups attached to an aromatic ring is 1. The Kier molecular flexibility index (Phi) is 6.17. The van der Waals surface area contributed by atoms with Crippen molar-refractivity contribution in [3.8, 4) is 5.75 Å². The van der Waals surface area contributed by atoms with Gasteiger partial charge in [0.25, 0.3) is 8.32 Å². The molecule has 2 N–H and O–H groups in total. The van der Waals surface area contributed by atoms with Crippen LogP contribution in [-0.2, 0) is 4.43 Å². The fraction of sp³-hybridized carbons (Fsp3) is 0.261. The second-order valence-corrected chi connectivity index (χ2v) is 12.1. The smallest absolute Gasteiger partial charge is 0.261 e. The van der Waals surface area contributed by atoms with Crippen molar-refractivity contribution in [3.63, 3.8) is 0 Å². The van der Waals surface area contributed by atoms with Crippen molar-refractivity contribution >= 4 is 24.5 Å². The standard InChI is InChI=1S/C23H28N2O2Si/c1-23(2,3)28(20-10-6-4-7-11-20,21-12-8-5-9-13-21)27-17-16-26-19-14-15-22(24)25-18-19/h4-15,18H,16-17H2,1-3H3,(H2,24,25). The molecule has 0 radical (unpaired) electrons. The van der Waals surface area contributed by atoms with Gasteiger partial charge < -0.3 is 14.9 Å². The first kappa shape index (κ1) is 20.1. The lowest BCUT2D eigenvalue weighted by Gasteiger charge is -2.43. The Bertz CT molecular complexity index is 823. The van der Waals surface area contributed by atoms with Gasteiger partial charge in [-0.3, -0.25) is 0 Å². The van der Waals surface area contributed by atoms with Gasteiger partial charge in [0, 0.05) is 0 Å². The monoisotopic (exact) mass is 392 g/mol. The molecule has 0 amide bonds. The van der Waals surface area contributed by atoms with Gasteiger partial charge in [-0.15, -0.1) is 0 Å². The van der Waals surface area contributed by atoms with Gasteiger partial charge in [-0.2, -0.15) is 0 Å². The van der Waals surface area contributed by atoms with Crippen molar-refractivity contribution in [2.75, 3.05) is 18.9 Å². The number of nitrogens with zero attached hydrogens (tertiary/aromatic N) is 1. The lowest BCUT2D eigenvalue weighted by atomic mass is 10.2. The molecule has 0 aliphatic rings. The molecule has 3 rings (SSSR count). The molecule has 1 aromatic heterocycles. The van der Waals surface area contributed by atoms with E-state index < -0.39 is 8.32 Å². The lowest BCUT2D eigenvalue weighted by Crippen LogP contribution is -2.66. The predicted molar refractivity (Wildman–Crippen MR) is 118 cm³/mol. The molecule has 0 aliphatic carbocycles. The Hall–Kier alpha value is -2.63. The van der Waals surface area contributed by atoms with Crippen LogP contribution in [0.15, 0.2) is 79.0 Å². The highest BCUT2D eigenvalue weighted by molar-refractivity contribution is 6.99. The maximum absolute atomic E-state index is 6.78. The van der Waals surface area contributed by atoms with Crippen LogP contribution in [0.5, 0.6) is 5.75 Å². The first-order valence-electron chi connectivity index (χ1n) is 9.53. The van der Waals surface area contributed by atoms with Gasteiger partial charge in [0.05, 0.1) is 12.8 Å². The van der Waals surface area contributed by atoms with Crippen molar-refractivity contribution in [2.24, 2.45) is 0 Å². The Morgan fingerprint density at radius 2 is 1.39 bits per heavy atom. The normalized spacial score (nSPS) is 12.0. The fourth-order valence-electron chi connectivity index (χ4n) is 3.59. The van der Waals surface area contributed by atoms with E-state index in [1.165, 1.54) is 10.4 Å². The largest absolute Gasteiger partial charge is 0.490 e. The Morgan fingerprint density at radius 1 is 0.821 bits per heavy atom. The Morgan fingerprint density at radius 3 is 1.86 bits per heavy atom. The zero-order valence-corrected chi connectivity index (χ0v) is 17.8. The number of ether oxygens (including phenoxy) is 1. The van der Waals surface area contributed by atoms with E-state index in [2.05, 4.69) is 74.3 Å². The topological polar surface area (TPSA) is 57.4 Å². The SMILES string of the molecule is CC(C)(C)[Si](OCCOc1ccc(N)nc1)(c1ccccc1)c1ccccc1. The van der Waals surface area contributed by atoms with Gasteiger partial charge >= 0.3 is 0 Å². The van der Waals surface area contributed by atoms with E-state index >= 15 is 0 Å². The summed E-state index contributed by atoms with van der Waals surface area (Å²) in [5, 5.41) is 2.49. The minimum Gasteiger partial charge on any atom is -0.490 e. The molecule has 0 saturated carbocycles. The van der Waals surface area contributed by atoms with Crippen LogP contribution < -0.4 is 20.8 Å². The van der Waals surface area contributed by atoms with Crippen LogP contribution in [0.4, 0.5) is 5.82 Å². The predicted octanol–water partition coefficient (Wildman–Crippen LogP) is 3.62. The molecule has 0 atom stereocenters. The molecule has 0 fully saturated rings. The second kappa shape index (κ2) is 8.58. The summed E-state index contributed by atoms with van der Waals surface area (Å²) < 4.78 is 12.6. The molecule has 1 heterocycles. The lowest BCUT2D eigenvalue weighted by molar-refractivity contribution is 0.208. The van der Waals surface area contributed by atoms with Crippen LogP contribution in [0.3, 0.4) is 0 Å². The average Bonchev–Trinajstić information content (AvgIpc) is 2.70. The van der Waals surface area contributed by atoms with Crippen molar-refractivity contribution in [1.82, 2.24) is 4.98 Å². The number of hydrogen-bond donors (Lipinski definition) is 1. The van der Waals surface area contributed by atoms with Crippen LogP contribution in [0, 0.1) is 0 Å². The average molecular weight is 393 g/mol. The van der Waals surface area contributed by atoms with Crippen molar-refractivity contribution in [2.45, 2.75) is 25.8 Å². The third-order valence-electron chi connectivity index (χ3n) is 4.85. The summed E-state index contributed by atoms with van der Waals surface area (Å²) in [6.07, 6.45) is 1.64. The molecule has 0 aliphatic heterocycles. The van der Waals surface area contributed by atoms with E-state index in [0.29, 0.717) is 24.8 Å². The van der Waals surface area contributed by atoms with Gasteiger partial charge in [-0.25, -0.2) is 4.98 Å². The maximum atomic E-state index is 6.78. The molecule has 0 bridgehead atoms. The third kappa shape index (κ3) is 4.26. The van der Waals surface area contributed by atoms with Gasteiger partial charge in [0.15, 0.2) is 0 Å². The van der Waals surface area contributed by atoms with E-state index in [-0.39, 0.29) is 5.04 Å². The number of rotatable bonds is 7. The summed E-state index contributed by atoms with van der Waals surface area (Å²) in [6, 6.07) is 24.8. The molecule has 5 heteroatoms. The summed E-state index contributed by atoms with van der Waals surface area (Å²) in [6.45, 7) is 7.76. The van der Waals surface area contributed by atoms with E-state index in [4.69, 9.17) is 14.9 Å². The Balaban J connectivity index is 1.87. The summed E-state index contributed by atoms with van der Waals surface area (Å²) >= 11 is 0. The van der Waals surface area contributed by atoms with E-state index in [1.807, 2.05) is 18.2 Å². The molecule has 0 saturated heterocycles. The van der Waals surface area contributed by atoms with Gasteiger partial charge in [-0.05, 0) is 27.5 Å². The number of anilines is 1. The number of nitrogens with two attached hydrogens (primary N) is 1. The maximum Gasteiger partial charge on any atom is 0.261 e. The zero-order chi connectivity index (χ0) is 20.0. The summed E-state index contributed by atoms with van der Waals surface area (Å²) in [5.41, 5.74) is 5.63. The van der Waals surface area contributed by atoms with Crippen molar-refractivity contribution in [3.05, 3.63) is 79.0 Å². The number of aromatic nitrogens is 1. The second-order valence-electron chi connectivity index (χ2n) is 7.78. The van der Waals surface area contributed by atoms with Crippen LogP contribution >= 0.6 is 0 Å². The molecule has 0 unspecified atom stereocenters. The highest BCUT2D eigenvalue weighted by atomic mass is 28.4. The van der Waals surface area contributed by atoms with Gasteiger partial charge in [0.2, 0.25) is 0 Å². The number of benzene rings is 2. The molecule has 2 aromatic carbocycles. The molecule has 28 heavy (non-hydrogen) atoms. The van der Waals surface area contributed by atoms with E-state index in [0.717, 1.165) is 0 Å². The van der Waals surface area contributed by atoms with Gasteiger partial charge in [0.1, 0.15) is 18.2 Å². The highest BCUT2D eigenvalue weighted by Crippen LogP contribution is 2.36. The minimum atomic E-state index is -2.51. The summed E-state index contributed by atoms with van der Waals surface area (Å²) in [7, 11) is -2.51. The quantitative estimate of drug-likeness (QED) is 0.493. The van der Waals surface area contributed by atoms with Crippen LogP contribution in [0.25, 0.3) is 0 Å². The Labute approximate surface area is 168 Å². The van der Waals surface area contributed by atoms with Crippen LogP contribution in [-0.4, -0.2) is 26.5 Å². The summed E-state index contributed by atoms with van der Waals surface area (Å²) in [4.78, 5) is 4.06. The van der Waals surface area contributed by atoms with Crippen molar-refractivity contribution < 1.29 is 9.16 Å². The molecular weight excluding hydrogens is 364 g/mol. The fourth-order valence-corrected chi connectivity index (χ4v) is 8.14. The van der Waals surface area contributed by atoms with Crippen LogP contribution in [0.2, 0.25) is 5.04 Å². The third-order valence-corrected chi connectivity index (χ3v) is 9.89. The van der Waals surface area contributed by atoms with Gasteiger partial charge in [-0.1, -0.05) is 81.4 Å². The summed E-state index contributed by atoms with van der Waals surface area (Å²) in [5.74, 6) is 1.18. The zero-order valence-electron chi connectivity index (χ0n) is 16.8. The number of pyridine rings is 1. The first-order valence-corrected chi connectivity index (χ1v) is 11.4. The molecule has 146 valence electrons. The van der Waals surface area contributed by atoms with E-state index in [1.54, 1.807) is 12.3 Å². The first-order chi connectivity index (χ1) is 13.4. The van der Waals surface area contributed by atoms with Crippen molar-refractivity contribution in [1.29, 1.82) is 0 Å². The molecule has 4 nitrogen and oxygen atoms in total. The minimum absolute atomic E-state index is 0.0432. The van der Waals surface area contributed by atoms with Crippen LogP contribution in [0.1, 0.15) is 20.8 Å². The molecule has 0 spiro atoms. The number of hydrogen-bond acceptors (Lipinski definition) is 4. The van der Waals surface area contributed by atoms with E-state index in [9.17, 15) is 0 Å².